The Morgan fingerprint density at radius 2 is 1.89 bits per heavy atom. The van der Waals surface area contributed by atoms with Crippen LogP contribution in [-0.4, -0.2) is 22.3 Å². The first-order valence-corrected chi connectivity index (χ1v) is 9.19. The summed E-state index contributed by atoms with van der Waals surface area (Å²) in [6.45, 7) is 5.96. The van der Waals surface area contributed by atoms with E-state index in [-0.39, 0.29) is 12.3 Å². The second-order valence-electron chi connectivity index (χ2n) is 6.04. The van der Waals surface area contributed by atoms with Gasteiger partial charge in [-0.2, -0.15) is 0 Å². The van der Waals surface area contributed by atoms with Gasteiger partial charge in [0.05, 0.1) is 16.6 Å². The van der Waals surface area contributed by atoms with Gasteiger partial charge in [0.1, 0.15) is 0 Å². The van der Waals surface area contributed by atoms with Gasteiger partial charge in [0.25, 0.3) is 0 Å². The summed E-state index contributed by atoms with van der Waals surface area (Å²) in [7, 11) is 0. The summed E-state index contributed by atoms with van der Waals surface area (Å²) in [6.07, 6.45) is -0.370. The molecule has 3 rings (SSSR count). The number of nitrogens with zero attached hydrogens (tertiary/aromatic N) is 2. The minimum absolute atomic E-state index is 0.336. The molecule has 1 saturated heterocycles. The monoisotopic (exact) mass is 380 g/mol. The molecule has 1 aliphatic rings. The van der Waals surface area contributed by atoms with Gasteiger partial charge in [0.2, 0.25) is 5.91 Å². The van der Waals surface area contributed by atoms with Crippen LogP contribution in [0.15, 0.2) is 66.3 Å². The molecule has 1 aliphatic heterocycles. The number of thioether (sulfide) groups is 1. The minimum atomic E-state index is -1.27. The molecular formula is C20H18N3O3S-. The van der Waals surface area contributed by atoms with E-state index in [2.05, 4.69) is 17.1 Å². The molecule has 1 amide bonds. The lowest BCUT2D eigenvalue weighted by Gasteiger charge is -2.16. The van der Waals surface area contributed by atoms with Crippen molar-refractivity contribution in [3.8, 4) is 0 Å². The first-order valence-electron chi connectivity index (χ1n) is 8.31. The maximum absolute atomic E-state index is 12.7. The van der Waals surface area contributed by atoms with E-state index in [0.29, 0.717) is 16.6 Å². The molecule has 0 aliphatic carbocycles. The number of carbonyl (C=O) groups excluding carboxylic acids is 2. The van der Waals surface area contributed by atoms with Crippen LogP contribution in [0.4, 0.5) is 5.69 Å². The lowest BCUT2D eigenvalue weighted by atomic mass is 10.1. The quantitative estimate of drug-likeness (QED) is 0.776. The van der Waals surface area contributed by atoms with E-state index >= 15 is 0 Å². The lowest BCUT2D eigenvalue weighted by Crippen LogP contribution is -2.35. The predicted molar refractivity (Wildman–Crippen MR) is 106 cm³/mol. The number of anilines is 1. The molecule has 138 valence electrons. The topological polar surface area (TPSA) is 84.8 Å². The van der Waals surface area contributed by atoms with Crippen LogP contribution in [0.25, 0.3) is 5.70 Å². The number of amidine groups is 1. The van der Waals surface area contributed by atoms with Crippen LogP contribution in [-0.2, 0) is 9.59 Å². The van der Waals surface area contributed by atoms with E-state index in [1.807, 2.05) is 37.3 Å². The largest absolute Gasteiger partial charge is 0.550 e. The van der Waals surface area contributed by atoms with E-state index in [0.717, 1.165) is 22.9 Å². The molecule has 1 heterocycles. The summed E-state index contributed by atoms with van der Waals surface area (Å²) in [6, 6.07) is 16.8. The average molecular weight is 380 g/mol. The van der Waals surface area contributed by atoms with E-state index < -0.39 is 11.2 Å². The van der Waals surface area contributed by atoms with Crippen molar-refractivity contribution in [3.05, 3.63) is 72.3 Å². The highest BCUT2D eigenvalue weighted by Gasteiger charge is 2.39. The molecule has 0 spiro atoms. The SMILES string of the molecule is C=C(NN=C1SC(CC(=O)[O-])C(=O)N1c1ccccc1)c1ccc(C)cc1. The number of hydrogen-bond donors (Lipinski definition) is 1. The highest BCUT2D eigenvalue weighted by atomic mass is 32.2. The fraction of sp³-hybridized carbons (Fsp3) is 0.150. The minimum Gasteiger partial charge on any atom is -0.550 e. The molecule has 2 aromatic carbocycles. The van der Waals surface area contributed by atoms with Crippen LogP contribution in [0, 0.1) is 6.92 Å². The van der Waals surface area contributed by atoms with Crippen molar-refractivity contribution >= 4 is 40.2 Å². The van der Waals surface area contributed by atoms with Crippen LogP contribution in [0.2, 0.25) is 0 Å². The Bertz CT molecular complexity index is 894. The molecule has 0 saturated carbocycles. The zero-order valence-corrected chi connectivity index (χ0v) is 15.5. The number of para-hydroxylation sites is 1. The van der Waals surface area contributed by atoms with Crippen LogP contribution < -0.4 is 15.4 Å². The first-order chi connectivity index (χ1) is 13.0. The molecule has 0 radical (unpaired) electrons. The van der Waals surface area contributed by atoms with E-state index in [1.54, 1.807) is 24.3 Å². The van der Waals surface area contributed by atoms with Gasteiger partial charge in [-0.25, -0.2) is 0 Å². The molecule has 1 atom stereocenters. The molecule has 0 aromatic heterocycles. The van der Waals surface area contributed by atoms with Gasteiger partial charge in [0.15, 0.2) is 5.17 Å². The molecular weight excluding hydrogens is 362 g/mol. The number of aliphatic carboxylic acids is 1. The molecule has 1 unspecified atom stereocenters. The predicted octanol–water partition coefficient (Wildman–Crippen LogP) is 2.11. The van der Waals surface area contributed by atoms with Crippen LogP contribution in [0.3, 0.4) is 0 Å². The zero-order valence-electron chi connectivity index (χ0n) is 14.7. The van der Waals surface area contributed by atoms with Crippen molar-refractivity contribution in [1.82, 2.24) is 5.43 Å². The van der Waals surface area contributed by atoms with E-state index in [4.69, 9.17) is 0 Å². The van der Waals surface area contributed by atoms with Gasteiger partial charge in [-0.05, 0) is 24.6 Å². The second-order valence-corrected chi connectivity index (χ2v) is 7.21. The van der Waals surface area contributed by atoms with Gasteiger partial charge in [-0.1, -0.05) is 66.4 Å². The lowest BCUT2D eigenvalue weighted by molar-refractivity contribution is -0.305. The molecule has 7 heteroatoms. The van der Waals surface area contributed by atoms with Crippen molar-refractivity contribution in [1.29, 1.82) is 0 Å². The summed E-state index contributed by atoms with van der Waals surface area (Å²) in [5.41, 5.74) is 6.08. The van der Waals surface area contributed by atoms with Crippen molar-refractivity contribution in [2.24, 2.45) is 5.10 Å². The Kier molecular flexibility index (Phi) is 5.61. The highest BCUT2D eigenvalue weighted by Crippen LogP contribution is 2.33. The Morgan fingerprint density at radius 1 is 1.22 bits per heavy atom. The van der Waals surface area contributed by atoms with Gasteiger partial charge in [-0.15, -0.1) is 5.10 Å². The Hall–Kier alpha value is -3.06. The maximum atomic E-state index is 12.7. The fourth-order valence-electron chi connectivity index (χ4n) is 2.57. The third kappa shape index (κ3) is 4.38. The molecule has 6 nitrogen and oxygen atoms in total. The van der Waals surface area contributed by atoms with Crippen molar-refractivity contribution < 1.29 is 14.7 Å². The van der Waals surface area contributed by atoms with Crippen LogP contribution in [0.5, 0.6) is 0 Å². The average Bonchev–Trinajstić information content (AvgIpc) is 2.96. The number of hydrazone groups is 1. The molecule has 1 fully saturated rings. The number of carboxylic acid groups (broad SMARTS) is 1. The van der Waals surface area contributed by atoms with Gasteiger partial charge in [-0.3, -0.25) is 15.1 Å². The van der Waals surface area contributed by atoms with E-state index in [9.17, 15) is 14.7 Å². The summed E-state index contributed by atoms with van der Waals surface area (Å²) in [5.74, 6) is -1.61. The zero-order chi connectivity index (χ0) is 19.4. The van der Waals surface area contributed by atoms with Gasteiger partial charge < -0.3 is 9.90 Å². The number of carboxylic acids is 1. The van der Waals surface area contributed by atoms with Crippen molar-refractivity contribution in [3.63, 3.8) is 0 Å². The Morgan fingerprint density at radius 3 is 2.52 bits per heavy atom. The number of aryl methyl sites for hydroxylation is 1. The van der Waals surface area contributed by atoms with Gasteiger partial charge in [0, 0.05) is 12.4 Å². The van der Waals surface area contributed by atoms with Crippen molar-refractivity contribution in [2.75, 3.05) is 4.90 Å². The van der Waals surface area contributed by atoms with E-state index in [1.165, 1.54) is 4.90 Å². The number of hydrogen-bond acceptors (Lipinski definition) is 6. The third-order valence-corrected chi connectivity index (χ3v) is 5.13. The standard InChI is InChI=1S/C20H19N3O3S/c1-13-8-10-15(11-9-13)14(2)21-22-20-23(16-6-4-3-5-7-16)19(26)17(27-20)12-18(24)25/h3-11,17,21H,2,12H2,1H3,(H,24,25)/p-1. The molecule has 27 heavy (non-hydrogen) atoms. The summed E-state index contributed by atoms with van der Waals surface area (Å²) in [5, 5.41) is 14.9. The number of benzene rings is 2. The Labute approximate surface area is 161 Å². The molecule has 1 N–H and O–H groups in total. The highest BCUT2D eigenvalue weighted by molar-refractivity contribution is 8.16. The Balaban J connectivity index is 1.84. The maximum Gasteiger partial charge on any atom is 0.247 e. The van der Waals surface area contributed by atoms with Crippen LogP contribution >= 0.6 is 11.8 Å². The normalized spacial score (nSPS) is 18.0. The fourth-order valence-corrected chi connectivity index (χ4v) is 3.65. The van der Waals surface area contributed by atoms with Crippen LogP contribution in [0.1, 0.15) is 17.5 Å². The summed E-state index contributed by atoms with van der Waals surface area (Å²) >= 11 is 1.09. The first kappa shape index (κ1) is 18.7. The molecule has 0 bridgehead atoms. The number of amides is 1. The smallest absolute Gasteiger partial charge is 0.247 e. The number of nitrogens with one attached hydrogen (secondary N) is 1. The number of carbonyl (C=O) groups is 2. The summed E-state index contributed by atoms with van der Waals surface area (Å²) < 4.78 is 0. The van der Waals surface area contributed by atoms with Crippen molar-refractivity contribution in [2.45, 2.75) is 18.6 Å². The third-order valence-electron chi connectivity index (χ3n) is 3.99. The molecule has 2 aromatic rings. The second kappa shape index (κ2) is 8.09. The van der Waals surface area contributed by atoms with Gasteiger partial charge >= 0.3 is 0 Å². The number of rotatable bonds is 6. The summed E-state index contributed by atoms with van der Waals surface area (Å²) in [4.78, 5) is 25.1.